The lowest BCUT2D eigenvalue weighted by Crippen LogP contribution is -2.30. The smallest absolute Gasteiger partial charge is 0.406 e. The molecular weight excluding hydrogens is 557 g/mol. The highest BCUT2D eigenvalue weighted by molar-refractivity contribution is 8.15. The van der Waals surface area contributed by atoms with E-state index in [0.717, 1.165) is 5.56 Å². The third-order valence-corrected chi connectivity index (χ3v) is 6.84. The predicted octanol–water partition coefficient (Wildman–Crippen LogP) is 6.45. The second kappa shape index (κ2) is 11.3. The van der Waals surface area contributed by atoms with Crippen LogP contribution in [-0.2, 0) is 4.79 Å². The van der Waals surface area contributed by atoms with Gasteiger partial charge in [-0.15, -0.1) is 18.3 Å². The molecule has 3 aromatic carbocycles. The van der Waals surface area contributed by atoms with E-state index in [2.05, 4.69) is 31.7 Å². The Balaban J connectivity index is 1.29. The van der Waals surface area contributed by atoms with Crippen LogP contribution in [0, 0.1) is 6.92 Å². The number of amides is 3. The Labute approximate surface area is 236 Å². The van der Waals surface area contributed by atoms with Gasteiger partial charge in [-0.25, -0.2) is 14.5 Å². The highest BCUT2D eigenvalue weighted by Gasteiger charge is 2.32. The second-order valence-corrected chi connectivity index (χ2v) is 9.63. The first-order valence-electron chi connectivity index (χ1n) is 12.1. The molecule has 1 fully saturated rings. The van der Waals surface area contributed by atoms with Gasteiger partial charge in [-0.1, -0.05) is 42.6 Å². The number of benzene rings is 3. The topological polar surface area (TPSA) is 102 Å². The van der Waals surface area contributed by atoms with E-state index < -0.39 is 12.4 Å². The lowest BCUT2D eigenvalue weighted by Gasteiger charge is -2.18. The van der Waals surface area contributed by atoms with Crippen molar-refractivity contribution in [2.45, 2.75) is 13.3 Å². The summed E-state index contributed by atoms with van der Waals surface area (Å²) in [6.07, 6.45) is -1.70. The minimum Gasteiger partial charge on any atom is -0.406 e. The molecular formula is C28H21F3N6O3S. The third kappa shape index (κ3) is 6.30. The summed E-state index contributed by atoms with van der Waals surface area (Å²) in [6, 6.07) is 17.0. The van der Waals surface area contributed by atoms with Gasteiger partial charge in [-0.2, -0.15) is 4.99 Å². The first kappa shape index (κ1) is 27.6. The largest absolute Gasteiger partial charge is 0.573 e. The second-order valence-electron chi connectivity index (χ2n) is 8.69. The summed E-state index contributed by atoms with van der Waals surface area (Å²) in [5.74, 6) is 0.0109. The standard InChI is InChI=1S/C28H21F3N6O3S/c1-3-18-6-4-5-7-23(18)37-24(38)15-41-27(37)34-26(39)33-22-13-8-19(14-17(22)2)25-32-16-36(35-25)20-9-11-21(12-10-20)40-28(29,30)31/h3-14,16H,1,15H2,2H3,(H,33,39). The molecule has 1 aliphatic heterocycles. The van der Waals surface area contributed by atoms with Gasteiger partial charge >= 0.3 is 12.4 Å². The van der Waals surface area contributed by atoms with Crippen molar-refractivity contribution >= 4 is 46.3 Å². The Morgan fingerprint density at radius 2 is 1.90 bits per heavy atom. The molecule has 1 aromatic heterocycles. The van der Waals surface area contributed by atoms with Gasteiger partial charge in [0.2, 0.25) is 5.91 Å². The number of halogens is 3. The fourth-order valence-corrected chi connectivity index (χ4v) is 4.90. The van der Waals surface area contributed by atoms with Crippen LogP contribution in [0.4, 0.5) is 29.3 Å². The number of hydrogen-bond acceptors (Lipinski definition) is 6. The van der Waals surface area contributed by atoms with E-state index in [-0.39, 0.29) is 22.6 Å². The molecule has 0 aliphatic carbocycles. The van der Waals surface area contributed by atoms with E-state index in [4.69, 9.17) is 0 Å². The number of carbonyl (C=O) groups excluding carboxylic acids is 2. The number of amidine groups is 1. The molecule has 1 aliphatic rings. The number of aryl methyl sites for hydroxylation is 1. The van der Waals surface area contributed by atoms with Crippen molar-refractivity contribution in [2.24, 2.45) is 4.99 Å². The number of thioether (sulfide) groups is 1. The van der Waals surface area contributed by atoms with Gasteiger partial charge in [0.05, 0.1) is 17.1 Å². The molecule has 1 saturated heterocycles. The number of ether oxygens (including phenoxy) is 1. The number of rotatable bonds is 6. The zero-order valence-corrected chi connectivity index (χ0v) is 22.2. The number of aromatic nitrogens is 3. The van der Waals surface area contributed by atoms with Crippen LogP contribution in [0.5, 0.6) is 5.75 Å². The number of nitrogens with one attached hydrogen (secondary N) is 1. The highest BCUT2D eigenvalue weighted by atomic mass is 32.2. The van der Waals surface area contributed by atoms with Crippen LogP contribution in [0.1, 0.15) is 11.1 Å². The van der Waals surface area contributed by atoms with Gasteiger partial charge < -0.3 is 10.1 Å². The van der Waals surface area contributed by atoms with Crippen LogP contribution in [-0.4, -0.2) is 44.0 Å². The van der Waals surface area contributed by atoms with E-state index in [0.29, 0.717) is 34.0 Å². The summed E-state index contributed by atoms with van der Waals surface area (Å²) in [5.41, 5.74) is 3.71. The average molecular weight is 579 g/mol. The minimum atomic E-state index is -4.77. The lowest BCUT2D eigenvalue weighted by atomic mass is 10.1. The van der Waals surface area contributed by atoms with Crippen LogP contribution < -0.4 is 15.0 Å². The normalized spacial score (nSPS) is 14.4. The molecule has 0 saturated carbocycles. The van der Waals surface area contributed by atoms with E-state index in [9.17, 15) is 22.8 Å². The molecule has 4 aromatic rings. The highest BCUT2D eigenvalue weighted by Crippen LogP contribution is 2.31. The molecule has 41 heavy (non-hydrogen) atoms. The Hall–Kier alpha value is -4.91. The number of para-hydroxylation sites is 1. The number of alkyl halides is 3. The first-order chi connectivity index (χ1) is 19.6. The molecule has 0 radical (unpaired) electrons. The van der Waals surface area contributed by atoms with Crippen molar-refractivity contribution in [3.05, 3.63) is 90.8 Å². The summed E-state index contributed by atoms with van der Waals surface area (Å²) in [4.78, 5) is 35.2. The molecule has 0 bridgehead atoms. The monoisotopic (exact) mass is 578 g/mol. The predicted molar refractivity (Wildman–Crippen MR) is 151 cm³/mol. The Kier molecular flexibility index (Phi) is 7.62. The summed E-state index contributed by atoms with van der Waals surface area (Å²) < 4.78 is 42.5. The third-order valence-electron chi connectivity index (χ3n) is 5.91. The molecule has 0 spiro atoms. The summed E-state index contributed by atoms with van der Waals surface area (Å²) in [7, 11) is 0. The van der Waals surface area contributed by atoms with Gasteiger partial charge in [0.25, 0.3) is 0 Å². The van der Waals surface area contributed by atoms with Crippen LogP contribution in [0.2, 0.25) is 0 Å². The number of carbonyl (C=O) groups is 2. The SMILES string of the molecule is C=Cc1ccccc1N1C(=O)CSC1=NC(=O)Nc1ccc(-c2ncn(-c3ccc(OC(F)(F)F)cc3)n2)cc1C. The molecule has 9 nitrogen and oxygen atoms in total. The van der Waals surface area contributed by atoms with Crippen LogP contribution >= 0.6 is 11.8 Å². The maximum absolute atomic E-state index is 12.8. The number of hydrogen-bond donors (Lipinski definition) is 1. The Bertz CT molecular complexity index is 1670. The molecule has 2 heterocycles. The van der Waals surface area contributed by atoms with E-state index >= 15 is 0 Å². The zero-order chi connectivity index (χ0) is 29.1. The number of nitrogens with zero attached hydrogens (tertiary/aromatic N) is 5. The van der Waals surface area contributed by atoms with E-state index in [1.807, 2.05) is 12.1 Å². The molecule has 1 N–H and O–H groups in total. The Morgan fingerprint density at radius 3 is 2.61 bits per heavy atom. The van der Waals surface area contributed by atoms with Crippen molar-refractivity contribution < 1.29 is 27.5 Å². The molecule has 3 amide bonds. The molecule has 13 heteroatoms. The van der Waals surface area contributed by atoms with Crippen molar-refractivity contribution in [2.75, 3.05) is 16.0 Å². The van der Waals surface area contributed by atoms with E-state index in [1.165, 1.54) is 51.9 Å². The zero-order valence-electron chi connectivity index (χ0n) is 21.4. The van der Waals surface area contributed by atoms with Crippen molar-refractivity contribution in [3.63, 3.8) is 0 Å². The quantitative estimate of drug-likeness (QED) is 0.282. The van der Waals surface area contributed by atoms with Gasteiger partial charge in [-0.3, -0.25) is 9.69 Å². The first-order valence-corrected chi connectivity index (χ1v) is 13.1. The summed E-state index contributed by atoms with van der Waals surface area (Å²) in [6.45, 7) is 5.58. The minimum absolute atomic E-state index is 0.163. The maximum atomic E-state index is 12.8. The maximum Gasteiger partial charge on any atom is 0.573 e. The summed E-state index contributed by atoms with van der Waals surface area (Å²) in [5, 5.41) is 7.41. The number of urea groups is 1. The summed E-state index contributed by atoms with van der Waals surface area (Å²) >= 11 is 1.17. The van der Waals surface area contributed by atoms with Crippen LogP contribution in [0.25, 0.3) is 23.2 Å². The van der Waals surface area contributed by atoms with Crippen molar-refractivity contribution in [1.82, 2.24) is 14.8 Å². The van der Waals surface area contributed by atoms with Crippen LogP contribution in [0.15, 0.2) is 84.6 Å². The number of aliphatic imine (C=N–C) groups is 1. The van der Waals surface area contributed by atoms with Gasteiger partial charge in [-0.05, 0) is 66.6 Å². The molecule has 5 rings (SSSR count). The molecule has 0 atom stereocenters. The van der Waals surface area contributed by atoms with Gasteiger partial charge in [0, 0.05) is 11.3 Å². The molecule has 0 unspecified atom stereocenters. The van der Waals surface area contributed by atoms with E-state index in [1.54, 1.807) is 43.3 Å². The van der Waals surface area contributed by atoms with Crippen molar-refractivity contribution in [1.29, 1.82) is 0 Å². The Morgan fingerprint density at radius 1 is 1.15 bits per heavy atom. The fourth-order valence-electron chi connectivity index (χ4n) is 4.04. The van der Waals surface area contributed by atoms with Crippen LogP contribution in [0.3, 0.4) is 0 Å². The van der Waals surface area contributed by atoms with Gasteiger partial charge in [0.15, 0.2) is 11.0 Å². The molecule has 208 valence electrons. The average Bonchev–Trinajstić information content (AvgIpc) is 3.56. The lowest BCUT2D eigenvalue weighted by molar-refractivity contribution is -0.274. The number of anilines is 2. The fraction of sp³-hybridized carbons (Fsp3) is 0.107. The van der Waals surface area contributed by atoms with Crippen molar-refractivity contribution in [3.8, 4) is 22.8 Å². The van der Waals surface area contributed by atoms with Gasteiger partial charge in [0.1, 0.15) is 12.1 Å².